The maximum atomic E-state index is 12.1. The predicted molar refractivity (Wildman–Crippen MR) is 149 cm³/mol. The Morgan fingerprint density at radius 2 is 1.87 bits per heavy atom. The fraction of sp³-hybridized carbons (Fsp3) is 0.310. The quantitative estimate of drug-likeness (QED) is 0.336. The first-order valence-corrected chi connectivity index (χ1v) is 12.9. The first-order valence-electron chi connectivity index (χ1n) is 12.5. The van der Waals surface area contributed by atoms with Crippen LogP contribution in [0.4, 0.5) is 5.69 Å². The summed E-state index contributed by atoms with van der Waals surface area (Å²) in [5, 5.41) is 24.4. The van der Waals surface area contributed by atoms with Gasteiger partial charge in [0.1, 0.15) is 11.5 Å². The number of carbonyl (C=O) groups is 2. The van der Waals surface area contributed by atoms with Crippen LogP contribution in [-0.4, -0.2) is 41.2 Å². The van der Waals surface area contributed by atoms with E-state index in [0.29, 0.717) is 41.7 Å². The minimum absolute atomic E-state index is 0. The third-order valence-electron chi connectivity index (χ3n) is 7.04. The summed E-state index contributed by atoms with van der Waals surface area (Å²) < 4.78 is 6.04. The van der Waals surface area contributed by atoms with Gasteiger partial charge in [-0.1, -0.05) is 29.8 Å². The monoisotopic (exact) mass is 556 g/mol. The Balaban J connectivity index is 0.00000336. The number of carboxylic acid groups (broad SMARTS) is 1. The summed E-state index contributed by atoms with van der Waals surface area (Å²) in [5.74, 6) is -0.129. The molecule has 0 spiro atoms. The molecule has 1 saturated heterocycles. The zero-order chi connectivity index (χ0) is 25.9. The van der Waals surface area contributed by atoms with E-state index in [1.165, 1.54) is 16.5 Å². The molecular formula is C29H30Cl2N2O5. The van der Waals surface area contributed by atoms with E-state index in [9.17, 15) is 19.8 Å². The van der Waals surface area contributed by atoms with E-state index in [0.717, 1.165) is 36.8 Å². The smallest absolute Gasteiger partial charge is 0.337 e. The molecule has 0 unspecified atom stereocenters. The molecule has 2 aliphatic rings. The summed E-state index contributed by atoms with van der Waals surface area (Å²) >= 11 is 6.05. The van der Waals surface area contributed by atoms with E-state index in [-0.39, 0.29) is 29.9 Å². The van der Waals surface area contributed by atoms with Crippen LogP contribution in [0, 0.1) is 0 Å². The molecule has 3 aromatic carbocycles. The van der Waals surface area contributed by atoms with Crippen LogP contribution in [-0.2, 0) is 17.6 Å². The zero-order valence-electron chi connectivity index (χ0n) is 20.7. The normalized spacial score (nSPS) is 17.5. The average molecular weight is 557 g/mol. The average Bonchev–Trinajstić information content (AvgIpc) is 3.32. The number of aliphatic hydroxyl groups excluding tert-OH is 1. The summed E-state index contributed by atoms with van der Waals surface area (Å²) in [6.45, 7) is 0.954. The number of benzene rings is 3. The number of ether oxygens (including phenoxy) is 1. The van der Waals surface area contributed by atoms with E-state index in [2.05, 4.69) is 11.4 Å². The number of nitrogens with zero attached hydrogens (tertiary/aromatic N) is 1. The molecule has 0 bridgehead atoms. The molecule has 2 atom stereocenters. The molecule has 0 saturated carbocycles. The molecule has 1 amide bonds. The maximum Gasteiger partial charge on any atom is 0.337 e. The van der Waals surface area contributed by atoms with Crippen LogP contribution in [0.5, 0.6) is 11.5 Å². The number of nitrogens with one attached hydrogen (secondary N) is 1. The van der Waals surface area contributed by atoms with Crippen molar-refractivity contribution in [3.05, 3.63) is 87.9 Å². The molecule has 0 aromatic heterocycles. The summed E-state index contributed by atoms with van der Waals surface area (Å²) in [6.07, 6.45) is 3.20. The van der Waals surface area contributed by atoms with Crippen molar-refractivity contribution in [3.63, 3.8) is 0 Å². The first kappa shape index (κ1) is 27.9. The molecule has 3 N–H and O–H groups in total. The van der Waals surface area contributed by atoms with Gasteiger partial charge in [-0.2, -0.15) is 0 Å². The topological polar surface area (TPSA) is 99.1 Å². The number of fused-ring (bicyclic) bond motifs is 1. The number of aryl methyl sites for hydroxylation is 1. The van der Waals surface area contributed by atoms with Crippen LogP contribution in [0.2, 0.25) is 5.02 Å². The Bertz CT molecular complexity index is 1330. The molecule has 1 aliphatic heterocycles. The first-order chi connectivity index (χ1) is 17.9. The van der Waals surface area contributed by atoms with Gasteiger partial charge in [0.05, 0.1) is 17.4 Å². The molecule has 5 rings (SSSR count). The highest BCUT2D eigenvalue weighted by molar-refractivity contribution is 6.30. The van der Waals surface area contributed by atoms with Crippen molar-refractivity contribution in [1.82, 2.24) is 5.32 Å². The lowest BCUT2D eigenvalue weighted by Crippen LogP contribution is -2.37. The van der Waals surface area contributed by atoms with Crippen molar-refractivity contribution in [2.75, 3.05) is 18.0 Å². The molecule has 1 heterocycles. The van der Waals surface area contributed by atoms with Crippen LogP contribution < -0.4 is 15.0 Å². The van der Waals surface area contributed by atoms with Crippen molar-refractivity contribution in [1.29, 1.82) is 0 Å². The molecule has 200 valence electrons. The minimum Gasteiger partial charge on any atom is -0.478 e. The number of carbonyl (C=O) groups excluding carboxylic acids is 1. The van der Waals surface area contributed by atoms with E-state index < -0.39 is 12.1 Å². The van der Waals surface area contributed by atoms with Crippen LogP contribution in [0.3, 0.4) is 0 Å². The maximum absolute atomic E-state index is 12.1. The Morgan fingerprint density at radius 1 is 1.08 bits per heavy atom. The number of aliphatic hydroxyl groups is 1. The Labute approximate surface area is 232 Å². The number of carboxylic acids is 1. The summed E-state index contributed by atoms with van der Waals surface area (Å²) in [7, 11) is 0. The summed E-state index contributed by atoms with van der Waals surface area (Å²) in [5.41, 5.74) is 3.66. The van der Waals surface area contributed by atoms with E-state index >= 15 is 0 Å². The summed E-state index contributed by atoms with van der Waals surface area (Å²) in [4.78, 5) is 25.6. The number of halogens is 2. The number of rotatable bonds is 8. The fourth-order valence-electron chi connectivity index (χ4n) is 5.11. The number of anilines is 1. The minimum atomic E-state index is -1.10. The van der Waals surface area contributed by atoms with Gasteiger partial charge in [-0.3, -0.25) is 4.79 Å². The second-order valence-corrected chi connectivity index (χ2v) is 10.0. The number of aromatic carboxylic acids is 1. The molecule has 7 nitrogen and oxygen atoms in total. The van der Waals surface area contributed by atoms with Crippen molar-refractivity contribution in [2.24, 2.45) is 0 Å². The highest BCUT2D eigenvalue weighted by Gasteiger charge is 2.26. The van der Waals surface area contributed by atoms with Crippen molar-refractivity contribution in [2.45, 2.75) is 44.2 Å². The SMILES string of the molecule is Cl.O=C(O)c1cc(Oc2ccc3c(c2)C[C@@H](NC[C@@H](O)c2cccc(Cl)c2)CC3)ccc1N1CCCC1=O. The van der Waals surface area contributed by atoms with Gasteiger partial charge in [-0.25, -0.2) is 4.79 Å². The lowest BCUT2D eigenvalue weighted by atomic mass is 9.88. The van der Waals surface area contributed by atoms with Crippen molar-refractivity contribution in [3.8, 4) is 11.5 Å². The van der Waals surface area contributed by atoms with Gasteiger partial charge in [0, 0.05) is 30.6 Å². The molecule has 3 aromatic rings. The van der Waals surface area contributed by atoms with Gasteiger partial charge in [0.2, 0.25) is 5.91 Å². The van der Waals surface area contributed by atoms with Gasteiger partial charge in [0.25, 0.3) is 0 Å². The Morgan fingerprint density at radius 3 is 2.61 bits per heavy atom. The predicted octanol–water partition coefficient (Wildman–Crippen LogP) is 5.56. The zero-order valence-corrected chi connectivity index (χ0v) is 22.3. The number of hydrogen-bond acceptors (Lipinski definition) is 5. The van der Waals surface area contributed by atoms with Gasteiger partial charge in [-0.15, -0.1) is 12.4 Å². The third-order valence-corrected chi connectivity index (χ3v) is 7.27. The third kappa shape index (κ3) is 6.30. The van der Waals surface area contributed by atoms with Gasteiger partial charge < -0.3 is 25.2 Å². The van der Waals surface area contributed by atoms with E-state index in [1.54, 1.807) is 24.3 Å². The standard InChI is InChI=1S/C29H29ClN2O5.ClH/c30-21-4-1-3-19(13-21)27(33)17-31-22-8-6-18-7-9-23(15-20(18)14-22)37-24-10-11-26(25(16-24)29(35)36)32-12-2-5-28(32)34;/h1,3-4,7,9-11,13,15-16,22,27,31,33H,2,5-6,8,12,14,17H2,(H,35,36);1H/t22-,27+;/m0./s1. The molecule has 9 heteroatoms. The van der Waals surface area contributed by atoms with E-state index in [1.807, 2.05) is 24.3 Å². The van der Waals surface area contributed by atoms with Gasteiger partial charge in [0.15, 0.2) is 0 Å². The van der Waals surface area contributed by atoms with Gasteiger partial charge in [-0.05, 0) is 84.8 Å². The van der Waals surface area contributed by atoms with Crippen LogP contribution in [0.1, 0.15) is 52.4 Å². The second-order valence-electron chi connectivity index (χ2n) is 9.58. The fourth-order valence-corrected chi connectivity index (χ4v) is 5.30. The second kappa shape index (κ2) is 12.2. The Hall–Kier alpha value is -3.10. The molecule has 0 radical (unpaired) electrons. The van der Waals surface area contributed by atoms with E-state index in [4.69, 9.17) is 16.3 Å². The van der Waals surface area contributed by atoms with Crippen LogP contribution in [0.15, 0.2) is 60.7 Å². The highest BCUT2D eigenvalue weighted by Crippen LogP contribution is 2.33. The Kier molecular flexibility index (Phi) is 8.95. The summed E-state index contributed by atoms with van der Waals surface area (Å²) in [6, 6.07) is 18.2. The molecule has 1 fully saturated rings. The number of amides is 1. The van der Waals surface area contributed by atoms with Crippen LogP contribution >= 0.6 is 24.0 Å². The molecule has 38 heavy (non-hydrogen) atoms. The highest BCUT2D eigenvalue weighted by atomic mass is 35.5. The van der Waals surface area contributed by atoms with Gasteiger partial charge >= 0.3 is 5.97 Å². The van der Waals surface area contributed by atoms with Crippen molar-refractivity contribution < 1.29 is 24.5 Å². The largest absolute Gasteiger partial charge is 0.478 e. The molecule has 1 aliphatic carbocycles. The van der Waals surface area contributed by atoms with Crippen molar-refractivity contribution >= 4 is 41.6 Å². The number of hydrogen-bond donors (Lipinski definition) is 3. The lowest BCUT2D eigenvalue weighted by Gasteiger charge is -2.27. The van der Waals surface area contributed by atoms with Crippen LogP contribution in [0.25, 0.3) is 0 Å². The lowest BCUT2D eigenvalue weighted by molar-refractivity contribution is -0.117. The molecular weight excluding hydrogens is 527 g/mol.